The van der Waals surface area contributed by atoms with E-state index >= 15 is 0 Å². The van der Waals surface area contributed by atoms with Crippen LogP contribution >= 0.6 is 11.8 Å². The van der Waals surface area contributed by atoms with E-state index in [4.69, 9.17) is 0 Å². The third kappa shape index (κ3) is 3.25. The topological polar surface area (TPSA) is 15.3 Å². The Morgan fingerprint density at radius 2 is 2.25 bits per heavy atom. The van der Waals surface area contributed by atoms with E-state index in [1.54, 1.807) is 0 Å². The molecule has 92 valence electrons. The molecule has 0 spiro atoms. The number of rotatable bonds is 6. The molecule has 2 nitrogen and oxygen atoms in total. The number of thioether (sulfide) groups is 1. The van der Waals surface area contributed by atoms with E-state index in [1.165, 1.54) is 44.5 Å². The Morgan fingerprint density at radius 3 is 3.12 bits per heavy atom. The lowest BCUT2D eigenvalue weighted by Crippen LogP contribution is -2.45. The van der Waals surface area contributed by atoms with Crippen molar-refractivity contribution in [3.05, 3.63) is 12.7 Å². The molecular weight excluding hydrogens is 216 g/mol. The molecule has 16 heavy (non-hydrogen) atoms. The van der Waals surface area contributed by atoms with Crippen molar-refractivity contribution in [2.75, 3.05) is 31.1 Å². The molecule has 1 N–H and O–H groups in total. The van der Waals surface area contributed by atoms with E-state index in [1.807, 2.05) is 17.8 Å². The van der Waals surface area contributed by atoms with E-state index in [-0.39, 0.29) is 0 Å². The number of piperidine rings is 1. The third-order valence-corrected chi connectivity index (χ3v) is 4.71. The molecule has 2 fully saturated rings. The van der Waals surface area contributed by atoms with Crippen LogP contribution in [0.4, 0.5) is 0 Å². The van der Waals surface area contributed by atoms with Gasteiger partial charge in [0, 0.05) is 36.7 Å². The smallest absolute Gasteiger partial charge is 0.0249 e. The van der Waals surface area contributed by atoms with Gasteiger partial charge < -0.3 is 5.32 Å². The predicted octanol–water partition coefficient (Wildman–Crippen LogP) is 2.12. The second-order valence-electron chi connectivity index (χ2n) is 4.81. The summed E-state index contributed by atoms with van der Waals surface area (Å²) in [5, 5.41) is 3.74. The molecule has 2 unspecified atom stereocenters. The predicted molar refractivity (Wildman–Crippen MR) is 73.1 cm³/mol. The first-order valence-electron chi connectivity index (χ1n) is 6.58. The van der Waals surface area contributed by atoms with Crippen LogP contribution in [0, 0.1) is 0 Å². The first-order chi connectivity index (χ1) is 7.92. The van der Waals surface area contributed by atoms with E-state index in [0.717, 1.165) is 24.4 Å². The van der Waals surface area contributed by atoms with Gasteiger partial charge in [-0.2, -0.15) is 11.8 Å². The van der Waals surface area contributed by atoms with Gasteiger partial charge in [-0.15, -0.1) is 6.58 Å². The molecule has 2 saturated heterocycles. The summed E-state index contributed by atoms with van der Waals surface area (Å²) in [6.07, 6.45) is 7.61. The average molecular weight is 240 g/mol. The molecule has 2 heterocycles. The van der Waals surface area contributed by atoms with Crippen LogP contribution in [0.3, 0.4) is 0 Å². The number of hydrogen-bond donors (Lipinski definition) is 1. The van der Waals surface area contributed by atoms with Crippen LogP contribution < -0.4 is 5.32 Å². The maximum Gasteiger partial charge on any atom is 0.0249 e. The summed E-state index contributed by atoms with van der Waals surface area (Å²) in [5.74, 6) is 2.30. The fourth-order valence-corrected chi connectivity index (χ4v) is 3.56. The van der Waals surface area contributed by atoms with Crippen LogP contribution in [0.1, 0.15) is 25.7 Å². The standard InChI is InChI=1S/C13H24N2S/c1-2-10-16-11-7-14-12-6-9-15-8-4-3-5-13(12)15/h2,12-14H,1,3-11H2. The van der Waals surface area contributed by atoms with Gasteiger partial charge in [-0.3, -0.25) is 4.90 Å². The zero-order valence-electron chi connectivity index (χ0n) is 10.2. The Bertz CT molecular complexity index is 220. The minimum absolute atomic E-state index is 0.768. The highest BCUT2D eigenvalue weighted by atomic mass is 32.2. The highest BCUT2D eigenvalue weighted by Gasteiger charge is 2.34. The van der Waals surface area contributed by atoms with E-state index in [0.29, 0.717) is 0 Å². The normalized spacial score (nSPS) is 30.2. The zero-order chi connectivity index (χ0) is 11.2. The molecular formula is C13H24N2S. The molecule has 0 aromatic rings. The summed E-state index contributed by atoms with van der Waals surface area (Å²) in [5.41, 5.74) is 0. The molecule has 0 aromatic heterocycles. The number of nitrogens with one attached hydrogen (secondary N) is 1. The van der Waals surface area contributed by atoms with Crippen LogP contribution in [0.25, 0.3) is 0 Å². The van der Waals surface area contributed by atoms with Crippen molar-refractivity contribution in [3.8, 4) is 0 Å². The van der Waals surface area contributed by atoms with Crippen LogP contribution in [-0.4, -0.2) is 48.1 Å². The van der Waals surface area contributed by atoms with Crippen molar-refractivity contribution in [2.45, 2.75) is 37.8 Å². The molecule has 0 saturated carbocycles. The molecule has 0 bridgehead atoms. The minimum atomic E-state index is 0.768. The highest BCUT2D eigenvalue weighted by Crippen LogP contribution is 2.26. The van der Waals surface area contributed by atoms with Crippen molar-refractivity contribution >= 4 is 11.8 Å². The molecule has 3 heteroatoms. The lowest BCUT2D eigenvalue weighted by Gasteiger charge is -2.32. The van der Waals surface area contributed by atoms with Gasteiger partial charge in [-0.25, -0.2) is 0 Å². The molecule has 0 amide bonds. The monoisotopic (exact) mass is 240 g/mol. The van der Waals surface area contributed by atoms with E-state index in [9.17, 15) is 0 Å². The Kier molecular flexibility index (Phi) is 5.20. The largest absolute Gasteiger partial charge is 0.312 e. The first-order valence-corrected chi connectivity index (χ1v) is 7.73. The summed E-state index contributed by atoms with van der Waals surface area (Å²) >= 11 is 1.97. The lowest BCUT2D eigenvalue weighted by molar-refractivity contribution is 0.181. The Balaban J connectivity index is 1.64. The van der Waals surface area contributed by atoms with Gasteiger partial charge in [-0.05, 0) is 25.8 Å². The van der Waals surface area contributed by atoms with Gasteiger partial charge in [0.25, 0.3) is 0 Å². The quantitative estimate of drug-likeness (QED) is 0.565. The van der Waals surface area contributed by atoms with E-state index < -0.39 is 0 Å². The maximum absolute atomic E-state index is 3.74. The Labute approximate surface area is 104 Å². The first kappa shape index (κ1) is 12.5. The molecule has 0 radical (unpaired) electrons. The van der Waals surface area contributed by atoms with Gasteiger partial charge in [0.2, 0.25) is 0 Å². The van der Waals surface area contributed by atoms with Gasteiger partial charge in [0.1, 0.15) is 0 Å². The molecule has 0 aliphatic carbocycles. The van der Waals surface area contributed by atoms with Gasteiger partial charge in [-0.1, -0.05) is 12.5 Å². The second kappa shape index (κ2) is 6.67. The summed E-state index contributed by atoms with van der Waals surface area (Å²) in [6.45, 7) is 7.56. The van der Waals surface area contributed by atoms with Gasteiger partial charge in [0.15, 0.2) is 0 Å². The Morgan fingerprint density at radius 1 is 1.31 bits per heavy atom. The van der Waals surface area contributed by atoms with Crippen LogP contribution in [-0.2, 0) is 0 Å². The number of hydrogen-bond acceptors (Lipinski definition) is 3. The fraction of sp³-hybridized carbons (Fsp3) is 0.846. The molecule has 2 aliphatic rings. The maximum atomic E-state index is 3.74. The van der Waals surface area contributed by atoms with Crippen molar-refractivity contribution in [1.82, 2.24) is 10.2 Å². The summed E-state index contributed by atoms with van der Waals surface area (Å²) in [6, 6.07) is 1.61. The van der Waals surface area contributed by atoms with Gasteiger partial charge >= 0.3 is 0 Å². The van der Waals surface area contributed by atoms with E-state index in [2.05, 4.69) is 16.8 Å². The average Bonchev–Trinajstić information content (AvgIpc) is 2.73. The SMILES string of the molecule is C=CCSCCNC1CCN2CCCCC12. The fourth-order valence-electron chi connectivity index (χ4n) is 2.97. The molecule has 0 aromatic carbocycles. The van der Waals surface area contributed by atoms with Crippen LogP contribution in [0.2, 0.25) is 0 Å². The third-order valence-electron chi connectivity index (χ3n) is 3.74. The molecule has 2 atom stereocenters. The minimum Gasteiger partial charge on any atom is -0.312 e. The lowest BCUT2D eigenvalue weighted by atomic mass is 9.99. The highest BCUT2D eigenvalue weighted by molar-refractivity contribution is 7.99. The van der Waals surface area contributed by atoms with Crippen LogP contribution in [0.15, 0.2) is 12.7 Å². The van der Waals surface area contributed by atoms with Crippen molar-refractivity contribution < 1.29 is 0 Å². The summed E-state index contributed by atoms with van der Waals surface area (Å²) < 4.78 is 0. The Hall–Kier alpha value is 0.01000. The summed E-state index contributed by atoms with van der Waals surface area (Å²) in [7, 11) is 0. The van der Waals surface area contributed by atoms with Crippen molar-refractivity contribution in [3.63, 3.8) is 0 Å². The molecule has 2 aliphatic heterocycles. The molecule has 2 rings (SSSR count). The van der Waals surface area contributed by atoms with Crippen molar-refractivity contribution in [2.24, 2.45) is 0 Å². The van der Waals surface area contributed by atoms with Crippen molar-refractivity contribution in [1.29, 1.82) is 0 Å². The van der Waals surface area contributed by atoms with Crippen LogP contribution in [0.5, 0.6) is 0 Å². The number of nitrogens with zero attached hydrogens (tertiary/aromatic N) is 1. The zero-order valence-corrected chi connectivity index (χ0v) is 11.0. The summed E-state index contributed by atoms with van der Waals surface area (Å²) in [4.78, 5) is 2.69. The second-order valence-corrected chi connectivity index (χ2v) is 5.96. The van der Waals surface area contributed by atoms with Gasteiger partial charge in [0.05, 0.1) is 0 Å². The number of fused-ring (bicyclic) bond motifs is 1.